The second kappa shape index (κ2) is 8.04. The van der Waals surface area contributed by atoms with Gasteiger partial charge in [0, 0.05) is 0 Å². The number of carbonyl (C=O) groups excluding carboxylic acids is 1. The van der Waals surface area contributed by atoms with E-state index in [2.05, 4.69) is 15.9 Å². The van der Waals surface area contributed by atoms with Crippen LogP contribution in [0.5, 0.6) is 0 Å². The summed E-state index contributed by atoms with van der Waals surface area (Å²) in [7, 11) is 0. The van der Waals surface area contributed by atoms with Gasteiger partial charge in [-0.2, -0.15) is 8.78 Å². The Morgan fingerprint density at radius 3 is 2.27 bits per heavy atom. The summed E-state index contributed by atoms with van der Waals surface area (Å²) in [5.41, 5.74) is 0.121. The molecule has 0 spiro atoms. The largest absolute Gasteiger partial charge is 0.455 e. The molecule has 2 nitrogen and oxygen atoms in total. The number of aryl methyl sites for hydroxylation is 1. The van der Waals surface area contributed by atoms with Crippen molar-refractivity contribution in [1.29, 1.82) is 0 Å². The van der Waals surface area contributed by atoms with Crippen molar-refractivity contribution in [2.24, 2.45) is 0 Å². The molecule has 0 saturated carbocycles. The van der Waals surface area contributed by atoms with E-state index in [4.69, 9.17) is 4.74 Å². The Labute approximate surface area is 139 Å². The quantitative estimate of drug-likeness (QED) is 0.463. The maximum atomic E-state index is 14.2. The predicted octanol–water partition coefficient (Wildman–Crippen LogP) is 5.14. The number of carbonyl (C=O) groups is 1. The molecule has 0 fully saturated rings. The van der Waals surface area contributed by atoms with Gasteiger partial charge in [0.05, 0.1) is 4.83 Å². The third-order valence-electron chi connectivity index (χ3n) is 4.03. The van der Waals surface area contributed by atoms with Crippen LogP contribution in [0, 0.1) is 0 Å². The summed E-state index contributed by atoms with van der Waals surface area (Å²) >= 11 is 2.96. The Morgan fingerprint density at radius 1 is 1.23 bits per heavy atom. The van der Waals surface area contributed by atoms with E-state index in [0.29, 0.717) is 19.3 Å². The van der Waals surface area contributed by atoms with E-state index in [9.17, 15) is 13.6 Å². The van der Waals surface area contributed by atoms with Crippen molar-refractivity contribution in [3.8, 4) is 0 Å². The summed E-state index contributed by atoms with van der Waals surface area (Å²) in [6.07, 6.45) is 1.63. The van der Waals surface area contributed by atoms with Crippen LogP contribution in [0.1, 0.15) is 45.6 Å². The minimum Gasteiger partial charge on any atom is -0.455 e. The van der Waals surface area contributed by atoms with Gasteiger partial charge in [-0.1, -0.05) is 60.1 Å². The van der Waals surface area contributed by atoms with Gasteiger partial charge in [0.15, 0.2) is 0 Å². The molecule has 1 aromatic carbocycles. The first kappa shape index (κ1) is 19.1. The van der Waals surface area contributed by atoms with E-state index in [1.165, 1.54) is 0 Å². The molecule has 124 valence electrons. The SMILES string of the molecule is CCC(C)(CC)OC(=O)C(F)(F)C(Br)CCc1ccccc1. The van der Waals surface area contributed by atoms with Crippen molar-refractivity contribution < 1.29 is 18.3 Å². The van der Waals surface area contributed by atoms with E-state index >= 15 is 0 Å². The molecule has 0 aliphatic heterocycles. The molecule has 0 radical (unpaired) electrons. The third-order valence-corrected chi connectivity index (χ3v) is 5.06. The predicted molar refractivity (Wildman–Crippen MR) is 87.5 cm³/mol. The van der Waals surface area contributed by atoms with E-state index in [1.54, 1.807) is 6.92 Å². The number of ether oxygens (including phenoxy) is 1. The molecule has 0 heterocycles. The second-order valence-electron chi connectivity index (χ2n) is 5.66. The Morgan fingerprint density at radius 2 is 1.77 bits per heavy atom. The fraction of sp³-hybridized carbons (Fsp3) is 0.588. The first-order chi connectivity index (χ1) is 10.2. The maximum Gasteiger partial charge on any atom is 0.378 e. The molecule has 0 saturated heterocycles. The molecule has 1 aromatic rings. The summed E-state index contributed by atoms with van der Waals surface area (Å²) < 4.78 is 33.4. The standard InChI is InChI=1S/C17H23BrF2O2/c1-4-16(3,5-2)22-15(21)17(19,20)14(18)12-11-13-9-7-6-8-10-13/h6-10,14H,4-5,11-12H2,1-3H3. The number of benzene rings is 1. The lowest BCUT2D eigenvalue weighted by Crippen LogP contribution is -2.44. The van der Waals surface area contributed by atoms with Crippen LogP contribution in [0.2, 0.25) is 0 Å². The molecule has 0 aliphatic rings. The molecule has 0 aromatic heterocycles. The zero-order valence-corrected chi connectivity index (χ0v) is 14.8. The summed E-state index contributed by atoms with van der Waals surface area (Å²) in [6.45, 7) is 5.31. The van der Waals surface area contributed by atoms with Gasteiger partial charge < -0.3 is 4.74 Å². The molecule has 1 unspecified atom stereocenters. The van der Waals surface area contributed by atoms with Crippen molar-refractivity contribution in [2.75, 3.05) is 0 Å². The number of rotatable bonds is 8. The molecule has 0 N–H and O–H groups in total. The fourth-order valence-corrected chi connectivity index (χ4v) is 2.35. The van der Waals surface area contributed by atoms with Crippen LogP contribution in [-0.4, -0.2) is 22.3 Å². The highest BCUT2D eigenvalue weighted by atomic mass is 79.9. The summed E-state index contributed by atoms with van der Waals surface area (Å²) in [5, 5.41) is 0. The zero-order chi connectivity index (χ0) is 16.8. The van der Waals surface area contributed by atoms with Gasteiger partial charge in [0.25, 0.3) is 0 Å². The van der Waals surface area contributed by atoms with E-state index in [1.807, 2.05) is 44.2 Å². The normalized spacial score (nSPS) is 13.7. The van der Waals surface area contributed by atoms with Crippen LogP contribution in [0.4, 0.5) is 8.78 Å². The Hall–Kier alpha value is -0.970. The minimum absolute atomic E-state index is 0.154. The highest BCUT2D eigenvalue weighted by Gasteiger charge is 2.49. The molecule has 0 aliphatic carbocycles. The smallest absolute Gasteiger partial charge is 0.378 e. The molecule has 1 rings (SSSR count). The second-order valence-corrected chi connectivity index (χ2v) is 6.77. The topological polar surface area (TPSA) is 26.3 Å². The van der Waals surface area contributed by atoms with Gasteiger partial charge in [0.1, 0.15) is 5.60 Å². The van der Waals surface area contributed by atoms with Crippen LogP contribution in [0.15, 0.2) is 30.3 Å². The van der Waals surface area contributed by atoms with E-state index in [-0.39, 0.29) is 6.42 Å². The first-order valence-electron chi connectivity index (χ1n) is 7.54. The molecule has 1 atom stereocenters. The highest BCUT2D eigenvalue weighted by Crippen LogP contribution is 2.33. The lowest BCUT2D eigenvalue weighted by atomic mass is 9.99. The van der Waals surface area contributed by atoms with E-state index in [0.717, 1.165) is 5.56 Å². The molecular formula is C17H23BrF2O2. The first-order valence-corrected chi connectivity index (χ1v) is 8.46. The summed E-state index contributed by atoms with van der Waals surface area (Å²) in [6, 6.07) is 9.35. The Kier molecular flexibility index (Phi) is 6.98. The molecular weight excluding hydrogens is 354 g/mol. The zero-order valence-electron chi connectivity index (χ0n) is 13.2. The maximum absolute atomic E-state index is 14.2. The molecule has 0 bridgehead atoms. The van der Waals surface area contributed by atoms with Crippen LogP contribution >= 0.6 is 15.9 Å². The van der Waals surface area contributed by atoms with E-state index < -0.39 is 22.3 Å². The van der Waals surface area contributed by atoms with Crippen LogP contribution in [-0.2, 0) is 16.0 Å². The number of hydrogen-bond acceptors (Lipinski definition) is 2. The molecule has 5 heteroatoms. The van der Waals surface area contributed by atoms with Crippen LogP contribution in [0.25, 0.3) is 0 Å². The lowest BCUT2D eigenvalue weighted by molar-refractivity contribution is -0.187. The van der Waals surface area contributed by atoms with Crippen molar-refractivity contribution in [1.82, 2.24) is 0 Å². The van der Waals surface area contributed by atoms with Crippen molar-refractivity contribution in [2.45, 2.75) is 62.8 Å². The van der Waals surface area contributed by atoms with Gasteiger partial charge in [-0.25, -0.2) is 4.79 Å². The van der Waals surface area contributed by atoms with Gasteiger partial charge >= 0.3 is 11.9 Å². The van der Waals surface area contributed by atoms with Crippen LogP contribution < -0.4 is 0 Å². The number of halogens is 3. The highest BCUT2D eigenvalue weighted by molar-refractivity contribution is 9.09. The Bertz CT molecular complexity index is 473. The monoisotopic (exact) mass is 376 g/mol. The van der Waals surface area contributed by atoms with Gasteiger partial charge in [0.2, 0.25) is 0 Å². The third kappa shape index (κ3) is 5.04. The fourth-order valence-electron chi connectivity index (χ4n) is 1.93. The lowest BCUT2D eigenvalue weighted by Gasteiger charge is -2.30. The van der Waals surface area contributed by atoms with Gasteiger partial charge in [-0.3, -0.25) is 0 Å². The minimum atomic E-state index is -3.54. The summed E-state index contributed by atoms with van der Waals surface area (Å²) in [4.78, 5) is 10.6. The average Bonchev–Trinajstić information content (AvgIpc) is 2.53. The number of esters is 1. The Balaban J connectivity index is 2.65. The number of alkyl halides is 3. The van der Waals surface area contributed by atoms with Crippen molar-refractivity contribution in [3.05, 3.63) is 35.9 Å². The van der Waals surface area contributed by atoms with Crippen molar-refractivity contribution in [3.63, 3.8) is 0 Å². The van der Waals surface area contributed by atoms with Crippen LogP contribution in [0.3, 0.4) is 0 Å². The van der Waals surface area contributed by atoms with Crippen molar-refractivity contribution >= 4 is 21.9 Å². The number of hydrogen-bond donors (Lipinski definition) is 0. The summed E-state index contributed by atoms with van der Waals surface area (Å²) in [5.74, 6) is -4.99. The van der Waals surface area contributed by atoms with Gasteiger partial charge in [-0.05, 0) is 38.2 Å². The average molecular weight is 377 g/mol. The molecule has 22 heavy (non-hydrogen) atoms. The van der Waals surface area contributed by atoms with Gasteiger partial charge in [-0.15, -0.1) is 0 Å². The molecule has 0 amide bonds.